The summed E-state index contributed by atoms with van der Waals surface area (Å²) >= 11 is 0. The molecular formula is C9H15N5O6P+. The maximum Gasteiger partial charge on any atom is 0.469 e. The number of phosphoric ester groups is 1. The average molecular weight is 320 g/mol. The van der Waals surface area contributed by atoms with Crippen LogP contribution in [0.4, 0.5) is 5.95 Å². The summed E-state index contributed by atoms with van der Waals surface area (Å²) in [6.45, 7) is -0.267. The number of fused-ring (bicyclic) bond motifs is 1. The standard InChI is InChI=1S/C9H14N5O6P/c1-13-4-14(5-19-2-3-20-21(16,17)18)7-6(13)8(15)12-9(10)11-7/h4H,2-3,5H2,1H3,(H4-,10,11,12,15,16,17,18)/p+1. The Kier molecular flexibility index (Phi) is 4.40. The number of aryl methyl sites for hydroxylation is 1. The molecular weight excluding hydrogens is 305 g/mol. The number of phosphoric acid groups is 1. The van der Waals surface area contributed by atoms with Gasteiger partial charge in [0.05, 0.1) is 20.3 Å². The second-order valence-electron chi connectivity index (χ2n) is 4.18. The number of nitrogen functional groups attached to an aromatic ring is 1. The van der Waals surface area contributed by atoms with E-state index in [-0.39, 0.29) is 31.5 Å². The van der Waals surface area contributed by atoms with Crippen LogP contribution < -0.4 is 15.9 Å². The first kappa shape index (κ1) is 15.6. The van der Waals surface area contributed by atoms with Gasteiger partial charge in [0.15, 0.2) is 13.1 Å². The molecule has 0 fully saturated rings. The number of H-pyrrole nitrogens is 1. The molecule has 0 aromatic carbocycles. The lowest BCUT2D eigenvalue weighted by atomic mass is 10.5. The van der Waals surface area contributed by atoms with Crippen LogP contribution in [0.5, 0.6) is 0 Å². The number of nitrogens with zero attached hydrogens (tertiary/aromatic N) is 3. The van der Waals surface area contributed by atoms with Crippen LogP contribution in [0.2, 0.25) is 0 Å². The van der Waals surface area contributed by atoms with Crippen molar-refractivity contribution in [3.8, 4) is 0 Å². The van der Waals surface area contributed by atoms with Gasteiger partial charge in [0.1, 0.15) is 0 Å². The maximum absolute atomic E-state index is 11.8. The van der Waals surface area contributed by atoms with Gasteiger partial charge in [0.25, 0.3) is 11.5 Å². The summed E-state index contributed by atoms with van der Waals surface area (Å²) in [7, 11) is -2.82. The molecule has 0 spiro atoms. The van der Waals surface area contributed by atoms with Crippen molar-refractivity contribution in [3.05, 3.63) is 16.7 Å². The normalized spacial score (nSPS) is 12.1. The SMILES string of the molecule is Cn1c[n+](COCCOP(=O)(O)O)c2nc(N)[nH]c(=O)c21. The largest absolute Gasteiger partial charge is 0.469 e. The Labute approximate surface area is 118 Å². The fraction of sp³-hybridized carbons (Fsp3) is 0.444. The predicted octanol–water partition coefficient (Wildman–Crippen LogP) is -1.79. The summed E-state index contributed by atoms with van der Waals surface area (Å²) in [5.41, 5.74) is 5.79. The van der Waals surface area contributed by atoms with E-state index in [1.807, 2.05) is 0 Å². The van der Waals surface area contributed by atoms with Gasteiger partial charge in [0, 0.05) is 0 Å². The summed E-state index contributed by atoms with van der Waals surface area (Å²) in [5.74, 6) is -0.0164. The van der Waals surface area contributed by atoms with E-state index in [0.717, 1.165) is 0 Å². The highest BCUT2D eigenvalue weighted by Gasteiger charge is 2.19. The zero-order valence-corrected chi connectivity index (χ0v) is 12.0. The highest BCUT2D eigenvalue weighted by molar-refractivity contribution is 7.46. The summed E-state index contributed by atoms with van der Waals surface area (Å²) < 4.78 is 23.0. The number of rotatable bonds is 6. The van der Waals surface area contributed by atoms with Crippen LogP contribution in [-0.2, 0) is 27.6 Å². The molecule has 11 nitrogen and oxygen atoms in total. The molecule has 0 radical (unpaired) electrons. The number of aromatic nitrogens is 4. The summed E-state index contributed by atoms with van der Waals surface area (Å²) in [5, 5.41) is 0. The molecule has 2 aromatic heterocycles. The fourth-order valence-corrected chi connectivity index (χ4v) is 2.10. The molecule has 0 saturated carbocycles. The summed E-state index contributed by atoms with van der Waals surface area (Å²) in [6.07, 6.45) is 1.59. The maximum atomic E-state index is 11.8. The predicted molar refractivity (Wildman–Crippen MR) is 69.9 cm³/mol. The lowest BCUT2D eigenvalue weighted by molar-refractivity contribution is -0.711. The zero-order valence-electron chi connectivity index (χ0n) is 11.1. The van der Waals surface area contributed by atoms with Crippen molar-refractivity contribution < 1.29 is 28.2 Å². The van der Waals surface area contributed by atoms with Crippen LogP contribution >= 0.6 is 7.82 Å². The molecule has 5 N–H and O–H groups in total. The highest BCUT2D eigenvalue weighted by atomic mass is 31.2. The molecule has 12 heteroatoms. The molecule has 0 aliphatic rings. The molecule has 2 aromatic rings. The van der Waals surface area contributed by atoms with E-state index in [1.54, 1.807) is 22.5 Å². The van der Waals surface area contributed by atoms with Gasteiger partial charge < -0.3 is 20.3 Å². The van der Waals surface area contributed by atoms with Gasteiger partial charge in [-0.1, -0.05) is 4.98 Å². The van der Waals surface area contributed by atoms with Gasteiger partial charge in [-0.15, -0.1) is 0 Å². The third-order valence-electron chi connectivity index (χ3n) is 2.55. The van der Waals surface area contributed by atoms with Crippen LogP contribution in [0.3, 0.4) is 0 Å². The third kappa shape index (κ3) is 3.86. The first-order valence-corrected chi connectivity index (χ1v) is 7.33. The van der Waals surface area contributed by atoms with Gasteiger partial charge in [-0.2, -0.15) is 0 Å². The monoisotopic (exact) mass is 320 g/mol. The zero-order chi connectivity index (χ0) is 15.6. The first-order valence-electron chi connectivity index (χ1n) is 5.80. The van der Waals surface area contributed by atoms with Crippen molar-refractivity contribution in [3.63, 3.8) is 0 Å². The number of imidazole rings is 1. The van der Waals surface area contributed by atoms with Gasteiger partial charge in [-0.3, -0.25) is 18.9 Å². The van der Waals surface area contributed by atoms with Crippen LogP contribution in [0, 0.1) is 0 Å². The van der Waals surface area contributed by atoms with Crippen LogP contribution in [0.25, 0.3) is 11.2 Å². The number of ether oxygens (including phenoxy) is 1. The summed E-state index contributed by atoms with van der Waals surface area (Å²) in [4.78, 5) is 35.2. The molecule has 2 heterocycles. The number of hydrogen-bond acceptors (Lipinski definition) is 6. The Morgan fingerprint density at radius 3 is 2.90 bits per heavy atom. The molecule has 2 rings (SSSR count). The molecule has 0 saturated heterocycles. The number of anilines is 1. The highest BCUT2D eigenvalue weighted by Crippen LogP contribution is 2.35. The Morgan fingerprint density at radius 2 is 2.24 bits per heavy atom. The smallest absolute Gasteiger partial charge is 0.355 e. The van der Waals surface area contributed by atoms with Crippen LogP contribution in [-0.4, -0.2) is 37.5 Å². The van der Waals surface area contributed by atoms with Crippen molar-refractivity contribution in [2.45, 2.75) is 6.73 Å². The number of nitrogens with one attached hydrogen (secondary N) is 1. The van der Waals surface area contributed by atoms with Crippen molar-refractivity contribution in [2.24, 2.45) is 7.05 Å². The quantitative estimate of drug-likeness (QED) is 0.276. The second-order valence-corrected chi connectivity index (χ2v) is 5.42. The van der Waals surface area contributed by atoms with E-state index >= 15 is 0 Å². The lowest BCUT2D eigenvalue weighted by Crippen LogP contribution is -2.35. The van der Waals surface area contributed by atoms with E-state index in [9.17, 15) is 9.36 Å². The van der Waals surface area contributed by atoms with Gasteiger partial charge in [-0.05, 0) is 0 Å². The molecule has 0 amide bonds. The van der Waals surface area contributed by atoms with E-state index in [2.05, 4.69) is 14.5 Å². The summed E-state index contributed by atoms with van der Waals surface area (Å²) in [6, 6.07) is 0. The first-order chi connectivity index (χ1) is 9.78. The number of nitrogens with two attached hydrogens (primary N) is 1. The third-order valence-corrected chi connectivity index (χ3v) is 3.07. The molecule has 0 aliphatic heterocycles. The fourth-order valence-electron chi connectivity index (χ4n) is 1.78. The minimum atomic E-state index is -4.49. The topological polar surface area (TPSA) is 157 Å². The van der Waals surface area contributed by atoms with E-state index < -0.39 is 7.82 Å². The van der Waals surface area contributed by atoms with Crippen molar-refractivity contribution in [1.29, 1.82) is 0 Å². The minimum Gasteiger partial charge on any atom is -0.355 e. The van der Waals surface area contributed by atoms with E-state index in [1.165, 1.54) is 0 Å². The minimum absolute atomic E-state index is 0.0164. The van der Waals surface area contributed by atoms with Crippen molar-refractivity contribution >= 4 is 24.9 Å². The Hall–Kier alpha value is -1.78. The van der Waals surface area contributed by atoms with Gasteiger partial charge >= 0.3 is 13.5 Å². The molecule has 0 atom stereocenters. The van der Waals surface area contributed by atoms with E-state index in [0.29, 0.717) is 11.2 Å². The molecule has 0 bridgehead atoms. The van der Waals surface area contributed by atoms with Gasteiger partial charge in [-0.25, -0.2) is 9.13 Å². The number of aromatic amines is 1. The van der Waals surface area contributed by atoms with Crippen LogP contribution in [0.15, 0.2) is 11.1 Å². The van der Waals surface area contributed by atoms with Crippen molar-refractivity contribution in [2.75, 3.05) is 18.9 Å². The van der Waals surface area contributed by atoms with E-state index in [4.69, 9.17) is 20.3 Å². The number of hydrogen-bond donors (Lipinski definition) is 4. The molecule has 116 valence electrons. The Balaban J connectivity index is 2.06. The second kappa shape index (κ2) is 5.92. The lowest BCUT2D eigenvalue weighted by Gasteiger charge is -2.05. The van der Waals surface area contributed by atoms with Crippen LogP contribution in [0.1, 0.15) is 0 Å². The Morgan fingerprint density at radius 1 is 1.52 bits per heavy atom. The van der Waals surface area contributed by atoms with Crippen molar-refractivity contribution in [1.82, 2.24) is 14.5 Å². The molecule has 21 heavy (non-hydrogen) atoms. The Bertz CT molecular complexity index is 749. The molecule has 0 unspecified atom stereocenters. The average Bonchev–Trinajstić information content (AvgIpc) is 2.64. The molecule has 0 aliphatic carbocycles. The van der Waals surface area contributed by atoms with Gasteiger partial charge in [0.2, 0.25) is 5.52 Å².